The van der Waals surface area contributed by atoms with Gasteiger partial charge >= 0.3 is 0 Å². The molecule has 0 saturated carbocycles. The summed E-state index contributed by atoms with van der Waals surface area (Å²) in [5.74, 6) is 1.47. The third-order valence-electron chi connectivity index (χ3n) is 2.77. The molecule has 3 aromatic rings. The average molecular weight is 243 g/mol. The molecule has 0 aliphatic carbocycles. The van der Waals surface area contributed by atoms with Crippen LogP contribution in [0.5, 0.6) is 0 Å². The van der Waals surface area contributed by atoms with E-state index in [1.165, 1.54) is 6.33 Å². The van der Waals surface area contributed by atoms with Crippen LogP contribution in [0.1, 0.15) is 25.5 Å². The number of nitrogens with two attached hydrogens (primary N) is 1. The van der Waals surface area contributed by atoms with E-state index in [-0.39, 0.29) is 5.92 Å². The third kappa shape index (κ3) is 1.44. The predicted molar refractivity (Wildman–Crippen MR) is 67.3 cm³/mol. The lowest BCUT2D eigenvalue weighted by Gasteiger charge is -2.01. The summed E-state index contributed by atoms with van der Waals surface area (Å²) in [4.78, 5) is 8.07. The Morgan fingerprint density at radius 1 is 1.39 bits per heavy atom. The highest BCUT2D eigenvalue weighted by Crippen LogP contribution is 2.28. The molecular weight excluding hydrogens is 230 g/mol. The summed E-state index contributed by atoms with van der Waals surface area (Å²) in [7, 11) is 0. The number of aromatic amines is 1. The van der Waals surface area contributed by atoms with Crippen molar-refractivity contribution in [3.8, 4) is 5.82 Å². The second-order valence-corrected chi connectivity index (χ2v) is 4.36. The lowest BCUT2D eigenvalue weighted by Crippen LogP contribution is -2.02. The third-order valence-corrected chi connectivity index (χ3v) is 2.77. The Morgan fingerprint density at radius 3 is 2.89 bits per heavy atom. The summed E-state index contributed by atoms with van der Waals surface area (Å²) in [6.45, 7) is 4.14. The first-order valence-corrected chi connectivity index (χ1v) is 5.67. The van der Waals surface area contributed by atoms with Gasteiger partial charge in [-0.3, -0.25) is 5.10 Å². The second kappa shape index (κ2) is 3.80. The van der Waals surface area contributed by atoms with Gasteiger partial charge in [-0.2, -0.15) is 14.9 Å². The van der Waals surface area contributed by atoms with Gasteiger partial charge in [0.25, 0.3) is 0 Å². The molecule has 0 aliphatic heterocycles. The van der Waals surface area contributed by atoms with Crippen molar-refractivity contribution in [2.45, 2.75) is 19.8 Å². The number of fused-ring (bicyclic) bond motifs is 1. The molecule has 0 spiro atoms. The number of anilines is 1. The molecule has 3 rings (SSSR count). The minimum Gasteiger partial charge on any atom is -0.383 e. The number of hydrogen-bond donors (Lipinski definition) is 2. The normalized spacial score (nSPS) is 11.5. The van der Waals surface area contributed by atoms with Crippen molar-refractivity contribution < 1.29 is 0 Å². The van der Waals surface area contributed by atoms with Gasteiger partial charge in [-0.05, 0) is 5.92 Å². The molecule has 0 unspecified atom stereocenters. The van der Waals surface area contributed by atoms with Crippen LogP contribution in [0.4, 0.5) is 5.82 Å². The summed E-state index contributed by atoms with van der Waals surface area (Å²) in [6.07, 6.45) is 3.15. The van der Waals surface area contributed by atoms with Crippen LogP contribution in [-0.2, 0) is 0 Å². The fourth-order valence-corrected chi connectivity index (χ4v) is 1.93. The molecule has 7 heteroatoms. The molecule has 0 fully saturated rings. The molecule has 0 radical (unpaired) electrons. The van der Waals surface area contributed by atoms with Crippen LogP contribution >= 0.6 is 0 Å². The van der Waals surface area contributed by atoms with Crippen molar-refractivity contribution >= 4 is 16.9 Å². The maximum Gasteiger partial charge on any atom is 0.188 e. The fourth-order valence-electron chi connectivity index (χ4n) is 1.93. The van der Waals surface area contributed by atoms with Crippen LogP contribution in [0, 0.1) is 0 Å². The first-order chi connectivity index (χ1) is 8.68. The number of hydrogen-bond acceptors (Lipinski definition) is 5. The molecular formula is C11H13N7. The van der Waals surface area contributed by atoms with Crippen molar-refractivity contribution in [3.05, 3.63) is 24.3 Å². The van der Waals surface area contributed by atoms with E-state index >= 15 is 0 Å². The molecule has 0 atom stereocenters. The van der Waals surface area contributed by atoms with Crippen LogP contribution in [0.15, 0.2) is 18.6 Å². The van der Waals surface area contributed by atoms with Crippen molar-refractivity contribution in [2.75, 3.05) is 5.73 Å². The molecule has 0 bridgehead atoms. The molecule has 0 aliphatic rings. The zero-order valence-electron chi connectivity index (χ0n) is 10.1. The highest BCUT2D eigenvalue weighted by atomic mass is 15.4. The molecule has 3 aromatic heterocycles. The van der Waals surface area contributed by atoms with E-state index in [4.69, 9.17) is 5.73 Å². The van der Waals surface area contributed by atoms with Gasteiger partial charge in [0.2, 0.25) is 0 Å². The van der Waals surface area contributed by atoms with Gasteiger partial charge in [-0.15, -0.1) is 0 Å². The molecule has 7 nitrogen and oxygen atoms in total. The predicted octanol–water partition coefficient (Wildman–Crippen LogP) is 1.24. The number of rotatable bonds is 2. The number of H-pyrrole nitrogens is 1. The molecule has 92 valence electrons. The van der Waals surface area contributed by atoms with Crippen molar-refractivity contribution in [2.24, 2.45) is 0 Å². The van der Waals surface area contributed by atoms with Gasteiger partial charge in [0, 0.05) is 12.3 Å². The van der Waals surface area contributed by atoms with Crippen LogP contribution in [0.25, 0.3) is 16.9 Å². The zero-order chi connectivity index (χ0) is 12.7. The van der Waals surface area contributed by atoms with Gasteiger partial charge in [0.1, 0.15) is 12.1 Å². The summed E-state index contributed by atoms with van der Waals surface area (Å²) >= 11 is 0. The Kier molecular flexibility index (Phi) is 2.26. The van der Waals surface area contributed by atoms with E-state index < -0.39 is 0 Å². The number of aromatic nitrogens is 6. The van der Waals surface area contributed by atoms with Crippen LogP contribution in [-0.4, -0.2) is 29.9 Å². The van der Waals surface area contributed by atoms with Crippen LogP contribution in [0.2, 0.25) is 0 Å². The van der Waals surface area contributed by atoms with Gasteiger partial charge in [0.15, 0.2) is 11.5 Å². The molecule has 0 saturated heterocycles. The van der Waals surface area contributed by atoms with Gasteiger partial charge in [0.05, 0.1) is 11.1 Å². The number of nitrogen functional groups attached to an aromatic ring is 1. The maximum atomic E-state index is 5.90. The average Bonchev–Trinajstić information content (AvgIpc) is 2.92. The Balaban J connectivity index is 2.31. The second-order valence-electron chi connectivity index (χ2n) is 4.36. The van der Waals surface area contributed by atoms with Crippen molar-refractivity contribution in [1.29, 1.82) is 0 Å². The Hall–Kier alpha value is -2.44. The van der Waals surface area contributed by atoms with Gasteiger partial charge in [-0.1, -0.05) is 13.8 Å². The van der Waals surface area contributed by atoms with Gasteiger partial charge in [-0.25, -0.2) is 9.97 Å². The molecule has 3 N–H and O–H groups in total. The topological polar surface area (TPSA) is 98.3 Å². The standard InChI is InChI=1S/C11H13N7/c1-6(2)9-8-10(12)15-16-11(8)18(17-9)7-3-4-13-5-14-7/h3-6H,1-2H3,(H3,12,15,16). The molecule has 18 heavy (non-hydrogen) atoms. The van der Waals surface area contributed by atoms with Crippen molar-refractivity contribution in [3.63, 3.8) is 0 Å². The van der Waals surface area contributed by atoms with E-state index in [1.807, 2.05) is 0 Å². The number of nitrogens with zero attached hydrogens (tertiary/aromatic N) is 5. The van der Waals surface area contributed by atoms with E-state index in [1.54, 1.807) is 16.9 Å². The first kappa shape index (κ1) is 10.7. The van der Waals surface area contributed by atoms with Crippen molar-refractivity contribution in [1.82, 2.24) is 29.9 Å². The minimum absolute atomic E-state index is 0.260. The highest BCUT2D eigenvalue weighted by Gasteiger charge is 2.19. The van der Waals surface area contributed by atoms with E-state index in [0.717, 1.165) is 11.1 Å². The zero-order valence-corrected chi connectivity index (χ0v) is 10.1. The molecule has 0 amide bonds. The molecule has 0 aromatic carbocycles. The largest absolute Gasteiger partial charge is 0.383 e. The maximum absolute atomic E-state index is 5.90. The number of nitrogens with one attached hydrogen (secondary N) is 1. The van der Waals surface area contributed by atoms with Crippen LogP contribution in [0.3, 0.4) is 0 Å². The fraction of sp³-hybridized carbons (Fsp3) is 0.273. The lowest BCUT2D eigenvalue weighted by atomic mass is 10.1. The summed E-state index contributed by atoms with van der Waals surface area (Å²) in [6, 6.07) is 1.78. The smallest absolute Gasteiger partial charge is 0.188 e. The first-order valence-electron chi connectivity index (χ1n) is 5.67. The van der Waals surface area contributed by atoms with E-state index in [0.29, 0.717) is 17.3 Å². The summed E-state index contributed by atoms with van der Waals surface area (Å²) in [5, 5.41) is 12.4. The quantitative estimate of drug-likeness (QED) is 0.705. The Bertz CT molecular complexity index is 680. The monoisotopic (exact) mass is 243 g/mol. The molecule has 3 heterocycles. The summed E-state index contributed by atoms with van der Waals surface area (Å²) < 4.78 is 1.68. The van der Waals surface area contributed by atoms with E-state index in [9.17, 15) is 0 Å². The SMILES string of the molecule is CC(C)c1nn(-c2ccncn2)c2n[nH]c(N)c12. The lowest BCUT2D eigenvalue weighted by molar-refractivity contribution is 0.760. The highest BCUT2D eigenvalue weighted by molar-refractivity contribution is 5.90. The minimum atomic E-state index is 0.260. The Labute approximate surface area is 103 Å². The van der Waals surface area contributed by atoms with Gasteiger partial charge < -0.3 is 5.73 Å². The van der Waals surface area contributed by atoms with Crippen LogP contribution < -0.4 is 5.73 Å². The van der Waals surface area contributed by atoms with E-state index in [2.05, 4.69) is 39.1 Å². The summed E-state index contributed by atoms with van der Waals surface area (Å²) in [5.41, 5.74) is 7.50. The Morgan fingerprint density at radius 2 is 2.22 bits per heavy atom.